The van der Waals surface area contributed by atoms with Crippen molar-refractivity contribution < 1.29 is 47.5 Å². The summed E-state index contributed by atoms with van der Waals surface area (Å²) in [6, 6.07) is -1.52. The van der Waals surface area contributed by atoms with Crippen molar-refractivity contribution in [1.82, 2.24) is 0 Å². The highest BCUT2D eigenvalue weighted by Crippen LogP contribution is 2.43. The van der Waals surface area contributed by atoms with Gasteiger partial charge in [0.2, 0.25) is 0 Å². The Hall–Kier alpha value is -2.04. The lowest BCUT2D eigenvalue weighted by Crippen LogP contribution is -2.34. The van der Waals surface area contributed by atoms with Gasteiger partial charge in [0.1, 0.15) is 12.6 Å². The molecule has 0 aliphatic carbocycles. The van der Waals surface area contributed by atoms with Crippen molar-refractivity contribution in [3.63, 3.8) is 0 Å². The van der Waals surface area contributed by atoms with Gasteiger partial charge in [-0.2, -0.15) is 0 Å². The fraction of sp³-hybridized carbons (Fsp3) is 0.857. The predicted octanol–water partition coefficient (Wildman–Crippen LogP) is 13.8. The number of carboxylic acids is 1. The number of ether oxygens (including phenoxy) is 2. The molecule has 0 amide bonds. The van der Waals surface area contributed by atoms with Crippen LogP contribution in [0.25, 0.3) is 0 Å². The van der Waals surface area contributed by atoms with Gasteiger partial charge in [0, 0.05) is 12.8 Å². The van der Waals surface area contributed by atoms with E-state index in [4.69, 9.17) is 24.8 Å². The molecule has 0 aliphatic heterocycles. The van der Waals surface area contributed by atoms with Gasteiger partial charge in [-0.25, -0.2) is 4.57 Å². The van der Waals surface area contributed by atoms with Gasteiger partial charge < -0.3 is 25.2 Å². The van der Waals surface area contributed by atoms with Crippen LogP contribution in [-0.4, -0.2) is 59.9 Å². The van der Waals surface area contributed by atoms with Gasteiger partial charge in [-0.05, 0) is 44.9 Å². The molecule has 0 spiro atoms. The molecular weight excluding hydrogens is 794 g/mol. The summed E-state index contributed by atoms with van der Waals surface area (Å²) in [7, 11) is -4.72. The van der Waals surface area contributed by atoms with Gasteiger partial charge in [0.25, 0.3) is 0 Å². The Kier molecular flexibility index (Phi) is 43.1. The molecule has 0 aliphatic rings. The third-order valence-corrected chi connectivity index (χ3v) is 11.9. The fourth-order valence-corrected chi connectivity index (χ4v) is 7.82. The molecule has 61 heavy (non-hydrogen) atoms. The van der Waals surface area contributed by atoms with E-state index in [0.717, 1.165) is 51.4 Å². The molecule has 0 radical (unpaired) electrons. The van der Waals surface area contributed by atoms with Crippen LogP contribution in [0.1, 0.15) is 239 Å². The zero-order chi connectivity index (χ0) is 44.9. The number of carbonyl (C=O) groups is 3. The topological polar surface area (TPSA) is 172 Å². The standard InChI is InChI=1S/C49H92NO10P/c1-3-5-7-9-11-13-15-17-19-21-22-23-24-25-27-29-31-33-35-37-39-41-48(52)60-45(43-58-61(55,56)59-44-46(50)49(53)54)42-57-47(51)40-38-36-34-32-30-28-26-20-18-16-14-12-10-8-6-4-2/h15,17,21-22,45-46H,3-14,16,18-20,23-44,50H2,1-2H3,(H,53,54)(H,55,56)/b17-15-,22-21-. The van der Waals surface area contributed by atoms with Crippen LogP contribution in [0, 0.1) is 0 Å². The van der Waals surface area contributed by atoms with Crippen molar-refractivity contribution in [2.45, 2.75) is 251 Å². The normalized spacial score (nSPS) is 13.8. The van der Waals surface area contributed by atoms with Gasteiger partial charge in [-0.3, -0.25) is 23.4 Å². The van der Waals surface area contributed by atoms with Crippen LogP contribution in [0.5, 0.6) is 0 Å². The average molecular weight is 886 g/mol. The highest BCUT2D eigenvalue weighted by molar-refractivity contribution is 7.47. The summed E-state index contributed by atoms with van der Waals surface area (Å²) in [5, 5.41) is 8.91. The number of esters is 2. The number of phosphoric acid groups is 1. The highest BCUT2D eigenvalue weighted by Gasteiger charge is 2.28. The second kappa shape index (κ2) is 44.6. The van der Waals surface area contributed by atoms with Crippen LogP contribution in [-0.2, 0) is 37.5 Å². The van der Waals surface area contributed by atoms with Crippen molar-refractivity contribution in [3.8, 4) is 0 Å². The maximum absolute atomic E-state index is 12.7. The van der Waals surface area contributed by atoms with Crippen LogP contribution in [0.15, 0.2) is 24.3 Å². The highest BCUT2D eigenvalue weighted by atomic mass is 31.2. The molecule has 3 unspecified atom stereocenters. The van der Waals surface area contributed by atoms with Crippen molar-refractivity contribution >= 4 is 25.7 Å². The van der Waals surface area contributed by atoms with Crippen LogP contribution in [0.4, 0.5) is 0 Å². The monoisotopic (exact) mass is 886 g/mol. The van der Waals surface area contributed by atoms with E-state index in [9.17, 15) is 23.8 Å². The van der Waals surface area contributed by atoms with Crippen molar-refractivity contribution in [1.29, 1.82) is 0 Å². The lowest BCUT2D eigenvalue weighted by atomic mass is 10.0. The predicted molar refractivity (Wildman–Crippen MR) is 249 cm³/mol. The zero-order valence-corrected chi connectivity index (χ0v) is 39.9. The number of unbranched alkanes of at least 4 members (excludes halogenated alkanes) is 29. The average Bonchev–Trinajstić information content (AvgIpc) is 3.24. The molecule has 12 heteroatoms. The fourth-order valence-electron chi connectivity index (χ4n) is 7.04. The summed E-state index contributed by atoms with van der Waals surface area (Å²) in [5.74, 6) is -2.37. The summed E-state index contributed by atoms with van der Waals surface area (Å²) in [6.07, 6.45) is 48.0. The van der Waals surface area contributed by atoms with Gasteiger partial charge in [0.15, 0.2) is 6.10 Å². The molecule has 0 fully saturated rings. The molecule has 0 aromatic heterocycles. The Bertz CT molecular complexity index is 1130. The Balaban J connectivity index is 4.25. The van der Waals surface area contributed by atoms with Crippen molar-refractivity contribution in [2.75, 3.05) is 19.8 Å². The van der Waals surface area contributed by atoms with E-state index in [0.29, 0.717) is 12.8 Å². The van der Waals surface area contributed by atoms with E-state index in [-0.39, 0.29) is 19.4 Å². The second-order valence-corrected chi connectivity index (χ2v) is 18.4. The quantitative estimate of drug-likeness (QED) is 0.0230. The molecule has 358 valence electrons. The molecule has 0 rings (SSSR count). The summed E-state index contributed by atoms with van der Waals surface area (Å²) in [4.78, 5) is 46.1. The van der Waals surface area contributed by atoms with E-state index < -0.39 is 51.1 Å². The molecule has 0 bridgehead atoms. The molecule has 4 N–H and O–H groups in total. The molecule has 11 nitrogen and oxygen atoms in total. The summed E-state index contributed by atoms with van der Waals surface area (Å²) in [6.45, 7) is 2.83. The van der Waals surface area contributed by atoms with Crippen LogP contribution < -0.4 is 5.73 Å². The second-order valence-electron chi connectivity index (χ2n) is 17.0. The summed E-state index contributed by atoms with van der Waals surface area (Å²) >= 11 is 0. The van der Waals surface area contributed by atoms with Crippen LogP contribution in [0.3, 0.4) is 0 Å². The van der Waals surface area contributed by atoms with Gasteiger partial charge in [0.05, 0.1) is 13.2 Å². The molecule has 0 saturated carbocycles. The number of aliphatic carboxylic acids is 1. The lowest BCUT2D eigenvalue weighted by Gasteiger charge is -2.20. The summed E-state index contributed by atoms with van der Waals surface area (Å²) < 4.78 is 32.8. The smallest absolute Gasteiger partial charge is 0.472 e. The Morgan fingerprint density at radius 3 is 1.28 bits per heavy atom. The zero-order valence-electron chi connectivity index (χ0n) is 39.0. The first-order chi connectivity index (χ1) is 29.6. The number of allylic oxidation sites excluding steroid dienone is 4. The first-order valence-electron chi connectivity index (χ1n) is 24.9. The third-order valence-electron chi connectivity index (χ3n) is 11.0. The molecule has 0 aromatic carbocycles. The molecule has 3 atom stereocenters. The van der Waals surface area contributed by atoms with E-state index in [1.165, 1.54) is 148 Å². The van der Waals surface area contributed by atoms with E-state index in [1.54, 1.807) is 0 Å². The molecule has 0 aromatic rings. The number of phosphoric ester groups is 1. The Morgan fingerprint density at radius 1 is 0.508 bits per heavy atom. The van der Waals surface area contributed by atoms with Crippen LogP contribution >= 0.6 is 7.82 Å². The molecule has 0 heterocycles. The third kappa shape index (κ3) is 44.4. The largest absolute Gasteiger partial charge is 0.480 e. The van der Waals surface area contributed by atoms with Gasteiger partial charge in [-0.1, -0.05) is 205 Å². The van der Waals surface area contributed by atoms with Crippen molar-refractivity contribution in [3.05, 3.63) is 24.3 Å². The minimum absolute atomic E-state index is 0.159. The SMILES string of the molecule is CCCCCCC/C=C\C/C=C\CCCCCCCCCCCC(=O)OC(COC(=O)CCCCCCCCCCCCCCCCCC)COP(=O)(O)OCC(N)C(=O)O. The first kappa shape index (κ1) is 59.0. The van der Waals surface area contributed by atoms with Gasteiger partial charge in [-0.15, -0.1) is 0 Å². The number of rotatable bonds is 47. The van der Waals surface area contributed by atoms with E-state index in [1.807, 2.05) is 0 Å². The Morgan fingerprint density at radius 2 is 0.869 bits per heavy atom. The van der Waals surface area contributed by atoms with E-state index >= 15 is 0 Å². The molecular formula is C49H92NO10P. The number of hydrogen-bond donors (Lipinski definition) is 3. The number of hydrogen-bond acceptors (Lipinski definition) is 9. The minimum Gasteiger partial charge on any atom is -0.480 e. The van der Waals surface area contributed by atoms with E-state index in [2.05, 4.69) is 42.7 Å². The Labute approximate surface area is 372 Å². The van der Waals surface area contributed by atoms with Crippen molar-refractivity contribution in [2.24, 2.45) is 5.73 Å². The van der Waals surface area contributed by atoms with Crippen LogP contribution in [0.2, 0.25) is 0 Å². The maximum atomic E-state index is 12.7. The number of carbonyl (C=O) groups excluding carboxylic acids is 2. The number of carboxylic acid groups (broad SMARTS) is 1. The minimum atomic E-state index is -4.72. The molecule has 0 saturated heterocycles. The maximum Gasteiger partial charge on any atom is 0.472 e. The number of nitrogens with two attached hydrogens (primary N) is 1. The lowest BCUT2D eigenvalue weighted by molar-refractivity contribution is -0.161. The van der Waals surface area contributed by atoms with Gasteiger partial charge >= 0.3 is 25.7 Å². The first-order valence-corrected chi connectivity index (χ1v) is 26.4. The summed E-state index contributed by atoms with van der Waals surface area (Å²) in [5.41, 5.74) is 5.35.